The summed E-state index contributed by atoms with van der Waals surface area (Å²) < 4.78 is 5.57. The molecule has 0 aliphatic heterocycles. The van der Waals surface area contributed by atoms with E-state index in [1.807, 2.05) is 26.8 Å². The Morgan fingerprint density at radius 2 is 2.06 bits per heavy atom. The van der Waals surface area contributed by atoms with E-state index in [4.69, 9.17) is 4.74 Å². The molecule has 0 radical (unpaired) electrons. The molecule has 5 heteroatoms. The monoisotopic (exact) mass is 247 g/mol. The maximum atomic E-state index is 9.23. The van der Waals surface area contributed by atoms with Crippen molar-refractivity contribution in [1.29, 1.82) is 0 Å². The number of aliphatic hydroxyl groups is 1. The summed E-state index contributed by atoms with van der Waals surface area (Å²) >= 11 is 0. The van der Waals surface area contributed by atoms with Crippen LogP contribution in [0, 0.1) is 6.92 Å². The van der Waals surface area contributed by atoms with Crippen LogP contribution in [0.1, 0.15) is 36.7 Å². The predicted molar refractivity (Wildman–Crippen MR) is 67.6 cm³/mol. The van der Waals surface area contributed by atoms with Crippen molar-refractivity contribution >= 4 is 0 Å². The smallest absolute Gasteiger partial charge is 0.240 e. The molecule has 2 heterocycles. The van der Waals surface area contributed by atoms with Gasteiger partial charge in [0.25, 0.3) is 0 Å². The van der Waals surface area contributed by atoms with E-state index >= 15 is 0 Å². The van der Waals surface area contributed by atoms with Gasteiger partial charge in [-0.25, -0.2) is 4.98 Å². The average Bonchev–Trinajstić information content (AvgIpc) is 2.74. The molecule has 0 bridgehead atoms. The van der Waals surface area contributed by atoms with Gasteiger partial charge in [0.1, 0.15) is 0 Å². The number of rotatable bonds is 4. The molecule has 2 rings (SSSR count). The molecule has 5 nitrogen and oxygen atoms in total. The lowest BCUT2D eigenvalue weighted by atomic mass is 10.1. The molecule has 0 spiro atoms. The minimum atomic E-state index is -0.0296. The van der Waals surface area contributed by atoms with Crippen molar-refractivity contribution < 1.29 is 9.84 Å². The third-order valence-electron chi connectivity index (χ3n) is 2.55. The number of ether oxygens (including phenoxy) is 1. The molecule has 0 amide bonds. The first-order chi connectivity index (χ1) is 8.58. The van der Waals surface area contributed by atoms with Gasteiger partial charge in [-0.05, 0) is 24.5 Å². The highest BCUT2D eigenvalue weighted by molar-refractivity contribution is 5.29. The summed E-state index contributed by atoms with van der Waals surface area (Å²) in [4.78, 5) is 4.40. The Bertz CT molecular complexity index is 535. The van der Waals surface area contributed by atoms with Gasteiger partial charge in [-0.1, -0.05) is 13.8 Å². The van der Waals surface area contributed by atoms with Crippen LogP contribution in [0.4, 0.5) is 0 Å². The maximum Gasteiger partial charge on any atom is 0.240 e. The van der Waals surface area contributed by atoms with Crippen LogP contribution < -0.4 is 4.74 Å². The van der Waals surface area contributed by atoms with Crippen molar-refractivity contribution in [3.05, 3.63) is 35.2 Å². The quantitative estimate of drug-likeness (QED) is 0.870. The number of nitrogens with one attached hydrogen (secondary N) is 1. The summed E-state index contributed by atoms with van der Waals surface area (Å²) in [5.74, 6) is 1.21. The Morgan fingerprint density at radius 1 is 1.28 bits per heavy atom. The number of aryl methyl sites for hydroxylation is 1. The van der Waals surface area contributed by atoms with Gasteiger partial charge < -0.3 is 9.84 Å². The summed E-state index contributed by atoms with van der Waals surface area (Å²) in [5.41, 5.74) is 2.60. The van der Waals surface area contributed by atoms with E-state index in [2.05, 4.69) is 15.2 Å². The van der Waals surface area contributed by atoms with Gasteiger partial charge in [-0.2, -0.15) is 0 Å². The third kappa shape index (κ3) is 2.87. The molecule has 2 aromatic heterocycles. The zero-order valence-corrected chi connectivity index (χ0v) is 10.8. The van der Waals surface area contributed by atoms with Gasteiger partial charge in [0.2, 0.25) is 11.8 Å². The second-order valence-corrected chi connectivity index (χ2v) is 4.54. The molecule has 2 aromatic rings. The van der Waals surface area contributed by atoms with Crippen LogP contribution in [0.3, 0.4) is 0 Å². The van der Waals surface area contributed by atoms with Crippen molar-refractivity contribution in [2.75, 3.05) is 0 Å². The summed E-state index contributed by atoms with van der Waals surface area (Å²) in [6.07, 6.45) is 0. The number of nitrogens with zero attached hydrogens (tertiary/aromatic N) is 2. The van der Waals surface area contributed by atoms with Crippen molar-refractivity contribution in [2.45, 2.75) is 33.3 Å². The Morgan fingerprint density at radius 3 is 2.61 bits per heavy atom. The lowest BCUT2D eigenvalue weighted by Crippen LogP contribution is -1.98. The Labute approximate surface area is 106 Å². The highest BCUT2D eigenvalue weighted by Gasteiger charge is 2.08. The van der Waals surface area contributed by atoms with Gasteiger partial charge >= 0.3 is 0 Å². The first kappa shape index (κ1) is 12.6. The first-order valence-corrected chi connectivity index (χ1v) is 5.90. The Balaban J connectivity index is 2.29. The zero-order chi connectivity index (χ0) is 13.1. The topological polar surface area (TPSA) is 71.0 Å². The molecule has 0 aliphatic rings. The molecular formula is C13H17N3O2. The first-order valence-electron chi connectivity index (χ1n) is 5.90. The lowest BCUT2D eigenvalue weighted by molar-refractivity contribution is 0.280. The largest absolute Gasteiger partial charge is 0.419 e. The molecule has 0 saturated heterocycles. The van der Waals surface area contributed by atoms with Crippen LogP contribution in [0.5, 0.6) is 11.8 Å². The standard InChI is InChI=1S/C13H17N3O2/c1-8(2)11-5-10(7-17)6-12(14-11)18-13-4-9(3)15-16-13/h4-6,8,17H,7H2,1-3H3,(H,15,16). The Hall–Kier alpha value is -1.88. The van der Waals surface area contributed by atoms with Crippen LogP contribution in [-0.2, 0) is 6.61 Å². The normalized spacial score (nSPS) is 10.9. The third-order valence-corrected chi connectivity index (χ3v) is 2.55. The van der Waals surface area contributed by atoms with Crippen molar-refractivity contribution in [2.24, 2.45) is 0 Å². The number of hydrogen-bond acceptors (Lipinski definition) is 4. The SMILES string of the molecule is Cc1cc(Oc2cc(CO)cc(C(C)C)n2)n[nH]1. The van der Waals surface area contributed by atoms with Crippen LogP contribution in [0.2, 0.25) is 0 Å². The second kappa shape index (κ2) is 5.18. The van der Waals surface area contributed by atoms with E-state index in [0.717, 1.165) is 17.0 Å². The number of hydrogen-bond donors (Lipinski definition) is 2. The van der Waals surface area contributed by atoms with Gasteiger partial charge in [-0.15, -0.1) is 5.10 Å². The van der Waals surface area contributed by atoms with Gasteiger partial charge in [0.15, 0.2) is 0 Å². The fraction of sp³-hybridized carbons (Fsp3) is 0.385. The fourth-order valence-electron chi connectivity index (χ4n) is 1.57. The van der Waals surface area contributed by atoms with Crippen molar-refractivity contribution in [3.8, 4) is 11.8 Å². The van der Waals surface area contributed by atoms with Crippen LogP contribution in [0.15, 0.2) is 18.2 Å². The summed E-state index contributed by atoms with van der Waals surface area (Å²) in [6.45, 7) is 5.97. The van der Waals surface area contributed by atoms with Crippen molar-refractivity contribution in [1.82, 2.24) is 15.2 Å². The van der Waals surface area contributed by atoms with Crippen molar-refractivity contribution in [3.63, 3.8) is 0 Å². The van der Waals surface area contributed by atoms with E-state index in [9.17, 15) is 5.11 Å². The number of aliphatic hydroxyl groups excluding tert-OH is 1. The van der Waals surface area contributed by atoms with E-state index < -0.39 is 0 Å². The van der Waals surface area contributed by atoms with E-state index in [1.54, 1.807) is 12.1 Å². The zero-order valence-electron chi connectivity index (χ0n) is 10.8. The summed E-state index contributed by atoms with van der Waals surface area (Å²) in [5, 5.41) is 16.0. The lowest BCUT2D eigenvalue weighted by Gasteiger charge is -2.09. The average molecular weight is 247 g/mol. The summed E-state index contributed by atoms with van der Waals surface area (Å²) in [6, 6.07) is 5.39. The van der Waals surface area contributed by atoms with E-state index in [1.165, 1.54) is 0 Å². The number of aromatic nitrogens is 3. The fourth-order valence-corrected chi connectivity index (χ4v) is 1.57. The predicted octanol–water partition coefficient (Wildman–Crippen LogP) is 2.52. The molecule has 0 fully saturated rings. The maximum absolute atomic E-state index is 9.23. The molecular weight excluding hydrogens is 230 g/mol. The molecule has 18 heavy (non-hydrogen) atoms. The number of H-pyrrole nitrogens is 1. The molecule has 0 atom stereocenters. The second-order valence-electron chi connectivity index (χ2n) is 4.54. The van der Waals surface area contributed by atoms with Crippen LogP contribution in [0.25, 0.3) is 0 Å². The number of aromatic amines is 1. The minimum absolute atomic E-state index is 0.0296. The van der Waals surface area contributed by atoms with Gasteiger partial charge in [0, 0.05) is 23.5 Å². The van der Waals surface area contributed by atoms with Gasteiger partial charge in [-0.3, -0.25) is 5.10 Å². The molecule has 0 unspecified atom stereocenters. The molecule has 2 N–H and O–H groups in total. The summed E-state index contributed by atoms with van der Waals surface area (Å²) in [7, 11) is 0. The molecule has 96 valence electrons. The van der Waals surface area contributed by atoms with E-state index in [0.29, 0.717) is 11.8 Å². The molecule has 0 aliphatic carbocycles. The van der Waals surface area contributed by atoms with Crippen LogP contribution >= 0.6 is 0 Å². The van der Waals surface area contributed by atoms with E-state index in [-0.39, 0.29) is 12.5 Å². The number of pyridine rings is 1. The minimum Gasteiger partial charge on any atom is -0.419 e. The van der Waals surface area contributed by atoms with Gasteiger partial charge in [0.05, 0.1) is 6.61 Å². The molecule has 0 aromatic carbocycles. The highest BCUT2D eigenvalue weighted by Crippen LogP contribution is 2.23. The molecule has 0 saturated carbocycles. The highest BCUT2D eigenvalue weighted by atomic mass is 16.5. The van der Waals surface area contributed by atoms with Crippen LogP contribution in [-0.4, -0.2) is 20.3 Å². The Kier molecular flexibility index (Phi) is 3.62.